The number of hydrogen-bond donors (Lipinski definition) is 1. The number of ether oxygens (including phenoxy) is 1. The predicted octanol–water partition coefficient (Wildman–Crippen LogP) is 3.72. The fraction of sp³-hybridized carbons (Fsp3) is 0.125. The van der Waals surface area contributed by atoms with Crippen LogP contribution in [0.5, 0.6) is 5.75 Å². The van der Waals surface area contributed by atoms with E-state index in [0.717, 1.165) is 4.47 Å². The number of aliphatic carboxylic acids is 1. The van der Waals surface area contributed by atoms with Crippen molar-refractivity contribution >= 4 is 27.8 Å². The van der Waals surface area contributed by atoms with Crippen molar-refractivity contribution in [3.8, 4) is 5.75 Å². The number of nitrogens with zero attached hydrogens (tertiary/aromatic N) is 1. The van der Waals surface area contributed by atoms with E-state index in [1.165, 1.54) is 0 Å². The van der Waals surface area contributed by atoms with Crippen LogP contribution in [0.2, 0.25) is 0 Å². The Morgan fingerprint density at radius 3 is 2.32 bits per heavy atom. The Bertz CT molecular complexity index is 799. The Labute approximate surface area is 148 Å². The van der Waals surface area contributed by atoms with Crippen molar-refractivity contribution in [3.63, 3.8) is 0 Å². The van der Waals surface area contributed by atoms with Gasteiger partial charge in [0.25, 0.3) is 5.91 Å². The normalized spacial score (nSPS) is 10.4. The van der Waals surface area contributed by atoms with Crippen LogP contribution in [0.4, 0.5) is 13.3 Å². The van der Waals surface area contributed by atoms with Gasteiger partial charge in [0.15, 0.2) is 18.2 Å². The number of benzene rings is 2. The highest BCUT2D eigenvalue weighted by Gasteiger charge is 2.23. The molecule has 0 aromatic heterocycles. The van der Waals surface area contributed by atoms with Gasteiger partial charge in [-0.15, -0.1) is 0 Å². The average molecular weight is 418 g/mol. The molecule has 0 aliphatic heterocycles. The van der Waals surface area contributed by atoms with Crippen LogP contribution in [-0.4, -0.2) is 28.7 Å². The van der Waals surface area contributed by atoms with Crippen molar-refractivity contribution in [3.05, 3.63) is 63.6 Å². The maximum atomic E-state index is 14.2. The summed E-state index contributed by atoms with van der Waals surface area (Å²) < 4.78 is 46.4. The Kier molecular flexibility index (Phi) is 6.02. The van der Waals surface area contributed by atoms with Crippen LogP contribution >= 0.6 is 15.9 Å². The number of carboxylic acids is 1. The lowest BCUT2D eigenvalue weighted by Gasteiger charge is -2.15. The van der Waals surface area contributed by atoms with Crippen molar-refractivity contribution in [2.75, 3.05) is 6.61 Å². The number of halogens is 4. The van der Waals surface area contributed by atoms with Crippen molar-refractivity contribution < 1.29 is 32.7 Å². The summed E-state index contributed by atoms with van der Waals surface area (Å²) in [4.78, 5) is 22.7. The molecule has 0 spiro atoms. The highest BCUT2D eigenvalue weighted by atomic mass is 79.9. The van der Waals surface area contributed by atoms with Crippen LogP contribution in [0, 0.1) is 11.6 Å². The van der Waals surface area contributed by atoms with Crippen LogP contribution in [-0.2, 0) is 11.3 Å². The zero-order valence-corrected chi connectivity index (χ0v) is 14.1. The molecule has 0 bridgehead atoms. The van der Waals surface area contributed by atoms with E-state index < -0.39 is 48.0 Å². The SMILES string of the molecule is O=C(O)COc1cc(F)c(F)cc1C(=O)N(F)Cc1ccc(Br)cc1. The maximum Gasteiger partial charge on any atom is 0.341 e. The van der Waals surface area contributed by atoms with Crippen molar-refractivity contribution in [2.24, 2.45) is 0 Å². The van der Waals surface area contributed by atoms with Gasteiger partial charge in [-0.3, -0.25) is 4.79 Å². The average Bonchev–Trinajstić information content (AvgIpc) is 2.56. The van der Waals surface area contributed by atoms with E-state index in [-0.39, 0.29) is 5.12 Å². The van der Waals surface area contributed by atoms with Gasteiger partial charge in [-0.05, 0) is 23.8 Å². The van der Waals surface area contributed by atoms with Gasteiger partial charge in [0.1, 0.15) is 5.75 Å². The third kappa shape index (κ3) is 4.96. The first-order valence-electron chi connectivity index (χ1n) is 6.83. The van der Waals surface area contributed by atoms with Gasteiger partial charge in [-0.1, -0.05) is 32.5 Å². The second-order valence-corrected chi connectivity index (χ2v) is 5.81. The summed E-state index contributed by atoms with van der Waals surface area (Å²) >= 11 is 3.21. The molecule has 0 saturated heterocycles. The summed E-state index contributed by atoms with van der Waals surface area (Å²) in [5, 5.41) is 8.38. The number of amides is 1. The third-order valence-electron chi connectivity index (χ3n) is 3.06. The summed E-state index contributed by atoms with van der Waals surface area (Å²) in [5.74, 6) is -5.99. The number of rotatable bonds is 6. The summed E-state index contributed by atoms with van der Waals surface area (Å²) in [6.45, 7) is -1.34. The van der Waals surface area contributed by atoms with Crippen molar-refractivity contribution in [2.45, 2.75) is 6.54 Å². The lowest BCUT2D eigenvalue weighted by Crippen LogP contribution is -2.24. The molecule has 0 atom stereocenters. The van der Waals surface area contributed by atoms with Crippen LogP contribution in [0.1, 0.15) is 15.9 Å². The quantitative estimate of drug-likeness (QED) is 0.727. The lowest BCUT2D eigenvalue weighted by molar-refractivity contribution is -0.139. The van der Waals surface area contributed by atoms with E-state index in [1.54, 1.807) is 24.3 Å². The third-order valence-corrected chi connectivity index (χ3v) is 3.59. The van der Waals surface area contributed by atoms with Crippen molar-refractivity contribution in [1.29, 1.82) is 0 Å². The Morgan fingerprint density at radius 2 is 1.72 bits per heavy atom. The number of carbonyl (C=O) groups is 2. The molecule has 1 amide bonds. The monoisotopic (exact) mass is 417 g/mol. The molecule has 9 heteroatoms. The smallest absolute Gasteiger partial charge is 0.341 e. The highest BCUT2D eigenvalue weighted by Crippen LogP contribution is 2.25. The van der Waals surface area contributed by atoms with Gasteiger partial charge in [0.05, 0.1) is 12.1 Å². The topological polar surface area (TPSA) is 66.8 Å². The van der Waals surface area contributed by atoms with E-state index in [1.807, 2.05) is 0 Å². The molecule has 2 aromatic rings. The molecule has 0 aliphatic carbocycles. The molecule has 25 heavy (non-hydrogen) atoms. The molecule has 132 valence electrons. The first kappa shape index (κ1) is 18.8. The van der Waals surface area contributed by atoms with Crippen LogP contribution in [0.3, 0.4) is 0 Å². The van der Waals surface area contributed by atoms with Gasteiger partial charge < -0.3 is 9.84 Å². The minimum Gasteiger partial charge on any atom is -0.481 e. The summed E-state index contributed by atoms with van der Waals surface area (Å²) in [5.41, 5.74) is -0.172. The molecular formula is C16H11BrF3NO4. The second-order valence-electron chi connectivity index (χ2n) is 4.90. The fourth-order valence-electron chi connectivity index (χ4n) is 1.91. The van der Waals surface area contributed by atoms with E-state index in [9.17, 15) is 22.9 Å². The predicted molar refractivity (Wildman–Crippen MR) is 84.6 cm³/mol. The second kappa shape index (κ2) is 8.02. The molecule has 0 aliphatic rings. The van der Waals surface area contributed by atoms with E-state index in [4.69, 9.17) is 9.84 Å². The largest absolute Gasteiger partial charge is 0.481 e. The van der Waals surface area contributed by atoms with Gasteiger partial charge in [0, 0.05) is 10.5 Å². The van der Waals surface area contributed by atoms with Crippen molar-refractivity contribution in [1.82, 2.24) is 5.12 Å². The molecule has 5 nitrogen and oxygen atoms in total. The zero-order valence-electron chi connectivity index (χ0n) is 12.5. The van der Waals surface area contributed by atoms with Gasteiger partial charge >= 0.3 is 5.97 Å². The molecular weight excluding hydrogens is 407 g/mol. The molecule has 0 fully saturated rings. The molecule has 1 N–H and O–H groups in total. The summed E-state index contributed by atoms with van der Waals surface area (Å²) in [6.07, 6.45) is 0. The number of hydrogen-bond acceptors (Lipinski definition) is 3. The maximum absolute atomic E-state index is 14.2. The highest BCUT2D eigenvalue weighted by molar-refractivity contribution is 9.10. The molecule has 2 aromatic carbocycles. The van der Waals surface area contributed by atoms with Crippen LogP contribution < -0.4 is 4.74 Å². The Balaban J connectivity index is 2.25. The van der Waals surface area contributed by atoms with Gasteiger partial charge in [0.2, 0.25) is 0 Å². The minimum absolute atomic E-state index is 0.205. The standard InChI is InChI=1S/C16H11BrF3NO4/c17-10-3-1-9(2-4-10)7-21(20)16(24)11-5-12(18)13(19)6-14(11)25-8-15(22)23/h1-6H,7-8H2,(H,22,23). The van der Waals surface area contributed by atoms with Crippen LogP contribution in [0.25, 0.3) is 0 Å². The molecule has 0 radical (unpaired) electrons. The molecule has 0 heterocycles. The molecule has 0 unspecified atom stereocenters. The first-order chi connectivity index (χ1) is 11.8. The lowest BCUT2D eigenvalue weighted by atomic mass is 10.1. The van der Waals surface area contributed by atoms with Gasteiger partial charge in [-0.2, -0.15) is 5.12 Å². The molecule has 2 rings (SSSR count). The first-order valence-corrected chi connectivity index (χ1v) is 7.63. The number of carboxylic acid groups (broad SMARTS) is 1. The van der Waals surface area contributed by atoms with E-state index in [2.05, 4.69) is 15.9 Å². The van der Waals surface area contributed by atoms with Crippen LogP contribution in [0.15, 0.2) is 40.9 Å². The summed E-state index contributed by atoms with van der Waals surface area (Å²) in [7, 11) is 0. The Hall–Kier alpha value is -2.55. The zero-order chi connectivity index (χ0) is 18.6. The Morgan fingerprint density at radius 1 is 1.12 bits per heavy atom. The summed E-state index contributed by atoms with van der Waals surface area (Å²) in [6, 6.07) is 7.38. The fourth-order valence-corrected chi connectivity index (χ4v) is 2.17. The van der Waals surface area contributed by atoms with E-state index in [0.29, 0.717) is 17.7 Å². The molecule has 0 saturated carbocycles. The minimum atomic E-state index is -1.39. The number of carbonyl (C=O) groups excluding carboxylic acids is 1. The van der Waals surface area contributed by atoms with Gasteiger partial charge in [-0.25, -0.2) is 13.6 Å². The van der Waals surface area contributed by atoms with E-state index >= 15 is 0 Å².